The van der Waals surface area contributed by atoms with Crippen LogP contribution in [0.3, 0.4) is 0 Å². The lowest BCUT2D eigenvalue weighted by Crippen LogP contribution is -2.41. The Morgan fingerprint density at radius 1 is 1.36 bits per heavy atom. The van der Waals surface area contributed by atoms with Gasteiger partial charge < -0.3 is 9.73 Å². The molecule has 2 aromatic heterocycles. The summed E-state index contributed by atoms with van der Waals surface area (Å²) in [5.41, 5.74) is 0.704. The number of hydrogen-bond acceptors (Lipinski definition) is 7. The Morgan fingerprint density at radius 3 is 2.95 bits per heavy atom. The molecule has 0 aromatic carbocycles. The van der Waals surface area contributed by atoms with Crippen LogP contribution in [0.2, 0.25) is 0 Å². The molecule has 0 bridgehead atoms. The van der Waals surface area contributed by atoms with Crippen LogP contribution in [-0.2, 0) is 4.79 Å². The van der Waals surface area contributed by atoms with Gasteiger partial charge in [-0.25, -0.2) is 4.79 Å². The zero-order valence-electron chi connectivity index (χ0n) is 11.5. The zero-order valence-corrected chi connectivity index (χ0v) is 12.3. The molecule has 0 spiro atoms. The average molecular weight is 319 g/mol. The maximum atomic E-state index is 11.6. The van der Waals surface area contributed by atoms with Crippen molar-refractivity contribution in [2.45, 2.75) is 24.1 Å². The molecule has 114 valence electrons. The van der Waals surface area contributed by atoms with E-state index in [1.807, 2.05) is 0 Å². The van der Waals surface area contributed by atoms with Gasteiger partial charge in [0, 0.05) is 18.4 Å². The molecule has 0 unspecified atom stereocenters. The molecule has 2 aromatic rings. The van der Waals surface area contributed by atoms with Gasteiger partial charge in [0.1, 0.15) is 0 Å². The van der Waals surface area contributed by atoms with E-state index in [-0.39, 0.29) is 17.0 Å². The van der Waals surface area contributed by atoms with Gasteiger partial charge in [-0.05, 0) is 25.0 Å². The lowest BCUT2D eigenvalue weighted by Gasteiger charge is -2.03. The van der Waals surface area contributed by atoms with Crippen molar-refractivity contribution in [1.82, 2.24) is 25.8 Å². The Balaban J connectivity index is 1.48. The number of urea groups is 1. The number of amides is 3. The van der Waals surface area contributed by atoms with Crippen molar-refractivity contribution in [2.75, 3.05) is 5.75 Å². The van der Waals surface area contributed by atoms with E-state index < -0.39 is 11.9 Å². The van der Waals surface area contributed by atoms with Gasteiger partial charge in [-0.2, -0.15) is 0 Å². The van der Waals surface area contributed by atoms with Crippen LogP contribution >= 0.6 is 11.8 Å². The number of pyridine rings is 1. The topological polar surface area (TPSA) is 110 Å². The number of thioether (sulfide) groups is 1. The lowest BCUT2D eigenvalue weighted by atomic mass is 10.3. The summed E-state index contributed by atoms with van der Waals surface area (Å²) in [6.45, 7) is 0. The Bertz CT molecular complexity index is 671. The molecule has 22 heavy (non-hydrogen) atoms. The average Bonchev–Trinajstić information content (AvgIpc) is 3.19. The van der Waals surface area contributed by atoms with Crippen molar-refractivity contribution in [3.8, 4) is 11.5 Å². The monoisotopic (exact) mass is 319 g/mol. The Morgan fingerprint density at radius 2 is 2.23 bits per heavy atom. The van der Waals surface area contributed by atoms with Crippen LogP contribution in [0.25, 0.3) is 11.5 Å². The van der Waals surface area contributed by atoms with Crippen LogP contribution in [-0.4, -0.2) is 38.9 Å². The summed E-state index contributed by atoms with van der Waals surface area (Å²) in [7, 11) is 0. The van der Waals surface area contributed by atoms with E-state index in [4.69, 9.17) is 4.42 Å². The van der Waals surface area contributed by atoms with Crippen LogP contribution in [0.4, 0.5) is 4.79 Å². The van der Waals surface area contributed by atoms with Crippen LogP contribution in [0.5, 0.6) is 0 Å². The van der Waals surface area contributed by atoms with Crippen molar-refractivity contribution in [3.05, 3.63) is 24.5 Å². The molecule has 2 N–H and O–H groups in total. The van der Waals surface area contributed by atoms with Gasteiger partial charge in [-0.3, -0.25) is 15.1 Å². The highest BCUT2D eigenvalue weighted by molar-refractivity contribution is 7.99. The van der Waals surface area contributed by atoms with Crippen molar-refractivity contribution >= 4 is 23.7 Å². The third-order valence-electron chi connectivity index (χ3n) is 2.81. The molecule has 0 atom stereocenters. The molecule has 0 saturated heterocycles. The molecule has 2 heterocycles. The third-order valence-corrected chi connectivity index (χ3v) is 3.63. The molecule has 0 radical (unpaired) electrons. The van der Waals surface area contributed by atoms with Gasteiger partial charge in [-0.15, -0.1) is 10.2 Å². The summed E-state index contributed by atoms with van der Waals surface area (Å²) in [5.74, 6) is -0.0565. The van der Waals surface area contributed by atoms with E-state index in [0.717, 1.165) is 24.6 Å². The van der Waals surface area contributed by atoms with Crippen LogP contribution in [0.15, 0.2) is 34.2 Å². The third kappa shape index (κ3) is 4.04. The van der Waals surface area contributed by atoms with E-state index >= 15 is 0 Å². The van der Waals surface area contributed by atoms with E-state index in [2.05, 4.69) is 25.8 Å². The number of aromatic nitrogens is 3. The van der Waals surface area contributed by atoms with Gasteiger partial charge in [0.25, 0.3) is 5.22 Å². The van der Waals surface area contributed by atoms with Crippen molar-refractivity contribution in [3.63, 3.8) is 0 Å². The number of rotatable bonds is 5. The number of nitrogens with one attached hydrogen (secondary N) is 2. The SMILES string of the molecule is O=C(CSc1nnc(-c2cccnc2)o1)NC(=O)NC1CC1. The first-order valence-corrected chi connectivity index (χ1v) is 7.66. The summed E-state index contributed by atoms with van der Waals surface area (Å²) in [6, 6.07) is 3.30. The molecular weight excluding hydrogens is 306 g/mol. The second kappa shape index (κ2) is 6.56. The minimum Gasteiger partial charge on any atom is -0.411 e. The first-order chi connectivity index (χ1) is 10.7. The summed E-state index contributed by atoms with van der Waals surface area (Å²) in [6.07, 6.45) is 5.19. The molecule has 9 heteroatoms. The number of hydrogen-bond donors (Lipinski definition) is 2. The summed E-state index contributed by atoms with van der Waals surface area (Å²) < 4.78 is 5.42. The predicted octanol–water partition coefficient (Wildman–Crippen LogP) is 1.21. The standard InChI is InChI=1S/C13H13N5O3S/c19-10(16-12(20)15-9-3-4-9)7-22-13-18-17-11(21-13)8-2-1-5-14-6-8/h1-2,5-6,9H,3-4,7H2,(H2,15,16,19,20). The van der Waals surface area contributed by atoms with E-state index in [1.54, 1.807) is 24.5 Å². The number of carbonyl (C=O) groups is 2. The van der Waals surface area contributed by atoms with Crippen molar-refractivity contribution in [2.24, 2.45) is 0 Å². The maximum Gasteiger partial charge on any atom is 0.321 e. The Kier molecular flexibility index (Phi) is 4.33. The molecule has 1 fully saturated rings. The first-order valence-electron chi connectivity index (χ1n) is 6.68. The Hall–Kier alpha value is -2.42. The summed E-state index contributed by atoms with van der Waals surface area (Å²) in [5, 5.41) is 12.9. The predicted molar refractivity (Wildman–Crippen MR) is 77.9 cm³/mol. The second-order valence-electron chi connectivity index (χ2n) is 4.70. The van der Waals surface area contributed by atoms with Gasteiger partial charge in [0.2, 0.25) is 11.8 Å². The molecule has 3 rings (SSSR count). The van der Waals surface area contributed by atoms with Crippen LogP contribution in [0.1, 0.15) is 12.8 Å². The first kappa shape index (κ1) is 14.5. The summed E-state index contributed by atoms with van der Waals surface area (Å²) in [4.78, 5) is 27.0. The lowest BCUT2D eigenvalue weighted by molar-refractivity contribution is -0.117. The molecule has 1 saturated carbocycles. The summed E-state index contributed by atoms with van der Waals surface area (Å²) >= 11 is 1.07. The number of carbonyl (C=O) groups excluding carboxylic acids is 2. The van der Waals surface area contributed by atoms with E-state index in [1.165, 1.54) is 0 Å². The highest BCUT2D eigenvalue weighted by atomic mass is 32.2. The van der Waals surface area contributed by atoms with Crippen LogP contribution in [0, 0.1) is 0 Å². The van der Waals surface area contributed by atoms with Crippen molar-refractivity contribution in [1.29, 1.82) is 0 Å². The number of nitrogens with zero attached hydrogens (tertiary/aromatic N) is 3. The largest absolute Gasteiger partial charge is 0.411 e. The maximum absolute atomic E-state index is 11.6. The molecule has 1 aliphatic carbocycles. The van der Waals surface area contributed by atoms with E-state index in [0.29, 0.717) is 11.5 Å². The minimum absolute atomic E-state index is 0.0206. The smallest absolute Gasteiger partial charge is 0.321 e. The zero-order chi connectivity index (χ0) is 15.4. The van der Waals surface area contributed by atoms with Gasteiger partial charge in [0.15, 0.2) is 0 Å². The second-order valence-corrected chi connectivity index (χ2v) is 5.63. The minimum atomic E-state index is -0.463. The highest BCUT2D eigenvalue weighted by Gasteiger charge is 2.24. The van der Waals surface area contributed by atoms with Gasteiger partial charge >= 0.3 is 6.03 Å². The van der Waals surface area contributed by atoms with E-state index in [9.17, 15) is 9.59 Å². The number of imide groups is 1. The quantitative estimate of drug-likeness (QED) is 0.797. The molecule has 8 nitrogen and oxygen atoms in total. The fraction of sp³-hybridized carbons (Fsp3) is 0.308. The fourth-order valence-corrected chi connectivity index (χ4v) is 2.18. The van der Waals surface area contributed by atoms with Crippen molar-refractivity contribution < 1.29 is 14.0 Å². The van der Waals surface area contributed by atoms with Gasteiger partial charge in [0.05, 0.1) is 11.3 Å². The Labute approximate surface area is 130 Å². The molecule has 1 aliphatic rings. The molecular formula is C13H13N5O3S. The highest BCUT2D eigenvalue weighted by Crippen LogP contribution is 2.22. The fourth-order valence-electron chi connectivity index (χ4n) is 1.61. The van der Waals surface area contributed by atoms with Crippen LogP contribution < -0.4 is 10.6 Å². The normalized spacial score (nSPS) is 13.6. The van der Waals surface area contributed by atoms with Gasteiger partial charge in [-0.1, -0.05) is 11.8 Å². The molecule has 0 aliphatic heterocycles. The molecule has 3 amide bonds.